The molecule has 0 aromatic rings. The Bertz CT molecular complexity index is 242. The van der Waals surface area contributed by atoms with E-state index >= 15 is 0 Å². The molecule has 0 saturated carbocycles. The van der Waals surface area contributed by atoms with Gasteiger partial charge in [-0.15, -0.1) is 0 Å². The van der Waals surface area contributed by atoms with Crippen LogP contribution in [0.2, 0.25) is 0 Å². The van der Waals surface area contributed by atoms with E-state index in [-0.39, 0.29) is 6.61 Å². The molecule has 0 atom stereocenters. The molecule has 0 aliphatic rings. The summed E-state index contributed by atoms with van der Waals surface area (Å²) in [7, 11) is -0.737. The van der Waals surface area contributed by atoms with Crippen LogP contribution >= 0.6 is 22.6 Å². The van der Waals surface area contributed by atoms with Crippen molar-refractivity contribution in [3.05, 3.63) is 0 Å². The topological polar surface area (TPSA) is 43.4 Å². The third-order valence-corrected chi connectivity index (χ3v) is 3.75. The molecule has 0 N–H and O–H groups in total. The summed E-state index contributed by atoms with van der Waals surface area (Å²) in [4.78, 5) is 0. The highest BCUT2D eigenvalue weighted by atomic mass is 127. The van der Waals surface area contributed by atoms with Crippen LogP contribution in [0, 0.1) is 0 Å². The second-order valence-electron chi connectivity index (χ2n) is 3.35. The number of rotatable bonds is 6. The standard InChI is InChI=1S/C6H14FINO3S/c1-9(2,6-8)4-3-5-12-13(7,10)11/h3-6H2,1-2H3/q+1. The van der Waals surface area contributed by atoms with Crippen LogP contribution in [0.25, 0.3) is 0 Å². The molecular weight excluding hydrogens is 312 g/mol. The summed E-state index contributed by atoms with van der Waals surface area (Å²) in [6.07, 6.45) is 0.527. The summed E-state index contributed by atoms with van der Waals surface area (Å²) in [5, 5.41) is 0. The van der Waals surface area contributed by atoms with E-state index in [1.807, 2.05) is 14.1 Å². The van der Waals surface area contributed by atoms with Crippen LogP contribution in [-0.4, -0.2) is 44.7 Å². The summed E-state index contributed by atoms with van der Waals surface area (Å²) in [6.45, 7) is 0.676. The molecule has 0 spiro atoms. The predicted octanol–water partition coefficient (Wildman–Crippen LogP) is 1.08. The van der Waals surface area contributed by atoms with E-state index in [1.54, 1.807) is 0 Å². The molecule has 0 aliphatic heterocycles. The smallest absolute Gasteiger partial charge is 0.320 e. The Kier molecular flexibility index (Phi) is 5.64. The first kappa shape index (κ1) is 13.5. The zero-order valence-electron chi connectivity index (χ0n) is 7.66. The van der Waals surface area contributed by atoms with Crippen LogP contribution in [0.15, 0.2) is 0 Å². The van der Waals surface area contributed by atoms with E-state index in [4.69, 9.17) is 0 Å². The van der Waals surface area contributed by atoms with Crippen molar-refractivity contribution in [2.24, 2.45) is 0 Å². The van der Waals surface area contributed by atoms with Gasteiger partial charge in [0, 0.05) is 6.42 Å². The molecule has 0 fully saturated rings. The van der Waals surface area contributed by atoms with E-state index in [0.717, 1.165) is 15.6 Å². The number of alkyl halides is 1. The molecule has 0 rings (SSSR count). The molecule has 0 aromatic heterocycles. The van der Waals surface area contributed by atoms with E-state index < -0.39 is 10.5 Å². The zero-order valence-corrected chi connectivity index (χ0v) is 10.6. The molecule has 13 heavy (non-hydrogen) atoms. The molecule has 4 nitrogen and oxygen atoms in total. The molecule has 0 amide bonds. The van der Waals surface area contributed by atoms with Gasteiger partial charge in [-0.1, -0.05) is 3.89 Å². The first-order valence-corrected chi connectivity index (χ1v) is 6.57. The Morgan fingerprint density at radius 3 is 2.38 bits per heavy atom. The van der Waals surface area contributed by atoms with Gasteiger partial charge in [-0.3, -0.25) is 0 Å². The summed E-state index contributed by atoms with van der Waals surface area (Å²) in [6, 6.07) is 0. The number of nitrogens with zero attached hydrogens (tertiary/aromatic N) is 1. The van der Waals surface area contributed by atoms with Crippen LogP contribution in [0.1, 0.15) is 6.42 Å². The van der Waals surface area contributed by atoms with Crippen molar-refractivity contribution in [1.29, 1.82) is 0 Å². The second kappa shape index (κ2) is 5.42. The Morgan fingerprint density at radius 2 is 2.00 bits per heavy atom. The fraction of sp³-hybridized carbons (Fsp3) is 1.00. The van der Waals surface area contributed by atoms with Crippen molar-refractivity contribution in [3.8, 4) is 0 Å². The summed E-state index contributed by atoms with van der Waals surface area (Å²) >= 11 is 2.24. The molecule has 0 radical (unpaired) electrons. The lowest BCUT2D eigenvalue weighted by molar-refractivity contribution is -0.874. The SMILES string of the molecule is C[N+](C)(CI)CCCOS(=O)(=O)F. The highest BCUT2D eigenvalue weighted by Gasteiger charge is 2.13. The zero-order chi connectivity index (χ0) is 10.5. The van der Waals surface area contributed by atoms with Gasteiger partial charge in [-0.2, -0.15) is 8.42 Å². The lowest BCUT2D eigenvalue weighted by atomic mass is 10.4. The fourth-order valence-corrected chi connectivity index (χ4v) is 1.37. The summed E-state index contributed by atoms with van der Waals surface area (Å²) < 4.78 is 37.3. The van der Waals surface area contributed by atoms with E-state index in [1.165, 1.54) is 0 Å². The van der Waals surface area contributed by atoms with Gasteiger partial charge in [0.1, 0.15) is 4.55 Å². The van der Waals surface area contributed by atoms with Crippen LogP contribution in [0.3, 0.4) is 0 Å². The quantitative estimate of drug-likeness (QED) is 0.183. The normalized spacial score (nSPS) is 13.2. The van der Waals surface area contributed by atoms with Gasteiger partial charge < -0.3 is 4.48 Å². The minimum Gasteiger partial charge on any atom is -0.320 e. The average molecular weight is 326 g/mol. The Morgan fingerprint density at radius 1 is 1.46 bits per heavy atom. The maximum atomic E-state index is 11.8. The largest absolute Gasteiger partial charge is 0.437 e. The van der Waals surface area contributed by atoms with Crippen LogP contribution in [-0.2, 0) is 14.7 Å². The third-order valence-electron chi connectivity index (χ3n) is 1.46. The van der Waals surface area contributed by atoms with Crippen molar-refractivity contribution < 1.29 is 21.0 Å². The summed E-state index contributed by atoms with van der Waals surface area (Å²) in [5.41, 5.74) is 0. The first-order chi connectivity index (χ1) is 5.77. The highest BCUT2D eigenvalue weighted by molar-refractivity contribution is 14.1. The second-order valence-corrected chi connectivity index (χ2v) is 5.05. The molecule has 0 aromatic carbocycles. The van der Waals surface area contributed by atoms with Crippen molar-refractivity contribution in [3.63, 3.8) is 0 Å². The number of hydrogen-bond acceptors (Lipinski definition) is 3. The maximum absolute atomic E-state index is 11.8. The van der Waals surface area contributed by atoms with Gasteiger partial charge in [-0.05, 0) is 22.6 Å². The lowest BCUT2D eigenvalue weighted by Crippen LogP contribution is -2.39. The van der Waals surface area contributed by atoms with Crippen molar-refractivity contribution in [1.82, 2.24) is 0 Å². The van der Waals surface area contributed by atoms with Gasteiger partial charge >= 0.3 is 10.5 Å². The highest BCUT2D eigenvalue weighted by Crippen LogP contribution is 2.04. The monoisotopic (exact) mass is 326 g/mol. The molecule has 7 heteroatoms. The van der Waals surface area contributed by atoms with E-state index in [2.05, 4.69) is 26.8 Å². The Labute approximate surface area is 92.2 Å². The lowest BCUT2D eigenvalue weighted by Gasteiger charge is -2.26. The third kappa shape index (κ3) is 8.85. The molecule has 0 unspecified atom stereocenters. The Hall–Kier alpha value is 0.530. The molecule has 80 valence electrons. The maximum Gasteiger partial charge on any atom is 0.437 e. The minimum atomic E-state index is -4.76. The summed E-state index contributed by atoms with van der Waals surface area (Å²) in [5.74, 6) is 0. The van der Waals surface area contributed by atoms with Crippen LogP contribution in [0.5, 0.6) is 0 Å². The number of halogens is 2. The van der Waals surface area contributed by atoms with Gasteiger partial charge in [0.15, 0.2) is 0 Å². The van der Waals surface area contributed by atoms with Gasteiger partial charge in [0.05, 0.1) is 27.2 Å². The minimum absolute atomic E-state index is 0.0862. The average Bonchev–Trinajstić information content (AvgIpc) is 1.97. The van der Waals surface area contributed by atoms with Crippen LogP contribution in [0.4, 0.5) is 3.89 Å². The molecule has 0 saturated heterocycles. The van der Waals surface area contributed by atoms with Crippen LogP contribution < -0.4 is 0 Å². The molecule has 0 bridgehead atoms. The fourth-order valence-electron chi connectivity index (χ4n) is 0.711. The molecule has 0 aliphatic carbocycles. The van der Waals surface area contributed by atoms with Crippen molar-refractivity contribution in [2.75, 3.05) is 31.8 Å². The first-order valence-electron chi connectivity index (χ1n) is 3.74. The van der Waals surface area contributed by atoms with Gasteiger partial charge in [-0.25, -0.2) is 4.18 Å². The van der Waals surface area contributed by atoms with Crippen molar-refractivity contribution >= 4 is 33.1 Å². The molecule has 0 heterocycles. The van der Waals surface area contributed by atoms with E-state index in [0.29, 0.717) is 6.42 Å². The predicted molar refractivity (Wildman–Crippen MR) is 56.5 cm³/mol. The van der Waals surface area contributed by atoms with Gasteiger partial charge in [0.2, 0.25) is 0 Å². The van der Waals surface area contributed by atoms with E-state index in [9.17, 15) is 12.3 Å². The number of hydrogen-bond donors (Lipinski definition) is 0. The van der Waals surface area contributed by atoms with Crippen molar-refractivity contribution in [2.45, 2.75) is 6.42 Å². The van der Waals surface area contributed by atoms with Gasteiger partial charge in [0.25, 0.3) is 0 Å². The Balaban J connectivity index is 3.58. The molecular formula is C6H14FINO3S+. The number of quaternary nitrogens is 1.